The van der Waals surface area contributed by atoms with Crippen molar-refractivity contribution in [2.24, 2.45) is 5.41 Å². The summed E-state index contributed by atoms with van der Waals surface area (Å²) in [5, 5.41) is 8.92. The van der Waals surface area contributed by atoms with Gasteiger partial charge in [0.1, 0.15) is 0 Å². The van der Waals surface area contributed by atoms with Crippen LogP contribution in [0.1, 0.15) is 49.2 Å². The lowest BCUT2D eigenvalue weighted by Crippen LogP contribution is -2.12. The Morgan fingerprint density at radius 3 is 2.41 bits per heavy atom. The van der Waals surface area contributed by atoms with E-state index < -0.39 is 0 Å². The molecule has 0 bridgehead atoms. The number of aliphatic hydroxyl groups is 1. The van der Waals surface area contributed by atoms with E-state index in [1.165, 1.54) is 0 Å². The molecule has 0 aliphatic rings. The van der Waals surface area contributed by atoms with E-state index in [9.17, 15) is 4.79 Å². The maximum atomic E-state index is 11.6. The van der Waals surface area contributed by atoms with Crippen molar-refractivity contribution in [2.75, 3.05) is 6.61 Å². The molecule has 0 radical (unpaired) electrons. The third-order valence-electron chi connectivity index (χ3n) is 2.67. The van der Waals surface area contributed by atoms with Crippen molar-refractivity contribution in [3.8, 4) is 0 Å². The summed E-state index contributed by atoms with van der Waals surface area (Å²) in [6, 6.07) is 5.94. The third-order valence-corrected chi connectivity index (χ3v) is 2.67. The lowest BCUT2D eigenvalue weighted by Gasteiger charge is -2.20. The number of benzene rings is 1. The number of carbonyl (C=O) groups is 1. The molecule has 0 aliphatic heterocycles. The topological polar surface area (TPSA) is 37.3 Å². The van der Waals surface area contributed by atoms with E-state index in [-0.39, 0.29) is 17.8 Å². The van der Waals surface area contributed by atoms with Gasteiger partial charge in [0, 0.05) is 12.2 Å². The van der Waals surface area contributed by atoms with Gasteiger partial charge in [0.15, 0.2) is 5.78 Å². The van der Waals surface area contributed by atoms with Crippen molar-refractivity contribution >= 4 is 5.78 Å². The normalized spacial score (nSPS) is 11.6. The Bertz CT molecular complexity index is 400. The molecule has 0 saturated heterocycles. The molecule has 17 heavy (non-hydrogen) atoms. The maximum Gasteiger partial charge on any atom is 0.160 e. The Labute approximate surface area is 104 Å². The molecule has 1 rings (SSSR count). The van der Waals surface area contributed by atoms with E-state index in [0.717, 1.165) is 23.1 Å². The molecule has 0 atom stereocenters. The molecule has 0 heterocycles. The molecular weight excluding hydrogens is 212 g/mol. The Balaban J connectivity index is 3.09. The van der Waals surface area contributed by atoms with Crippen LogP contribution in [0.2, 0.25) is 0 Å². The average Bonchev–Trinajstić information content (AvgIpc) is 2.18. The van der Waals surface area contributed by atoms with Crippen LogP contribution in [-0.2, 0) is 12.8 Å². The van der Waals surface area contributed by atoms with E-state index in [1.807, 2.05) is 18.2 Å². The van der Waals surface area contributed by atoms with Crippen LogP contribution < -0.4 is 0 Å². The summed E-state index contributed by atoms with van der Waals surface area (Å²) in [5.74, 6) is 0.101. The Morgan fingerprint density at radius 1 is 1.29 bits per heavy atom. The molecule has 1 N–H and O–H groups in total. The predicted molar refractivity (Wildman–Crippen MR) is 70.4 cm³/mol. The molecule has 2 nitrogen and oxygen atoms in total. The summed E-state index contributed by atoms with van der Waals surface area (Å²) < 4.78 is 0. The van der Waals surface area contributed by atoms with Gasteiger partial charge in [-0.15, -0.1) is 0 Å². The van der Waals surface area contributed by atoms with Crippen molar-refractivity contribution < 1.29 is 9.90 Å². The van der Waals surface area contributed by atoms with Crippen LogP contribution in [0.15, 0.2) is 18.2 Å². The lowest BCUT2D eigenvalue weighted by atomic mass is 9.85. The van der Waals surface area contributed by atoms with Gasteiger partial charge in [0.2, 0.25) is 0 Å². The fourth-order valence-electron chi connectivity index (χ4n) is 1.96. The van der Waals surface area contributed by atoms with Crippen molar-refractivity contribution in [3.05, 3.63) is 34.9 Å². The summed E-state index contributed by atoms with van der Waals surface area (Å²) in [6.07, 6.45) is 1.50. The first-order valence-electron chi connectivity index (χ1n) is 6.07. The summed E-state index contributed by atoms with van der Waals surface area (Å²) in [5.41, 5.74) is 3.09. The molecular formula is C15H22O2. The molecule has 0 fully saturated rings. The number of aliphatic hydroxyl groups excluding tert-OH is 1. The van der Waals surface area contributed by atoms with E-state index in [1.54, 1.807) is 6.92 Å². The zero-order valence-corrected chi connectivity index (χ0v) is 11.2. The molecule has 0 saturated carbocycles. The Hall–Kier alpha value is -1.15. The maximum absolute atomic E-state index is 11.6. The fourth-order valence-corrected chi connectivity index (χ4v) is 1.96. The van der Waals surface area contributed by atoms with Gasteiger partial charge in [-0.2, -0.15) is 0 Å². The van der Waals surface area contributed by atoms with E-state index in [4.69, 9.17) is 5.11 Å². The van der Waals surface area contributed by atoms with Crippen LogP contribution in [0.3, 0.4) is 0 Å². The van der Waals surface area contributed by atoms with Crippen LogP contribution in [0.25, 0.3) is 0 Å². The fraction of sp³-hybridized carbons (Fsp3) is 0.533. The van der Waals surface area contributed by atoms with Gasteiger partial charge in [-0.25, -0.2) is 0 Å². The summed E-state index contributed by atoms with van der Waals surface area (Å²) >= 11 is 0. The quantitative estimate of drug-likeness (QED) is 0.813. The summed E-state index contributed by atoms with van der Waals surface area (Å²) in [4.78, 5) is 11.6. The second-order valence-electron chi connectivity index (χ2n) is 5.76. The molecule has 0 aromatic heterocycles. The van der Waals surface area contributed by atoms with Crippen LogP contribution in [0.4, 0.5) is 0 Å². The largest absolute Gasteiger partial charge is 0.396 e. The number of Topliss-reactive ketones (excluding diaryl/α,β-unsaturated/α-hetero) is 1. The number of hydrogen-bond donors (Lipinski definition) is 1. The highest BCUT2D eigenvalue weighted by Gasteiger charge is 2.16. The molecule has 0 spiro atoms. The molecule has 1 aromatic rings. The first-order valence-corrected chi connectivity index (χ1v) is 6.07. The van der Waals surface area contributed by atoms with Gasteiger partial charge in [-0.1, -0.05) is 32.9 Å². The Kier molecular flexibility index (Phi) is 4.47. The highest BCUT2D eigenvalue weighted by atomic mass is 16.2. The smallest absolute Gasteiger partial charge is 0.160 e. The van der Waals surface area contributed by atoms with Gasteiger partial charge < -0.3 is 5.11 Å². The first kappa shape index (κ1) is 13.9. The van der Waals surface area contributed by atoms with Crippen molar-refractivity contribution in [1.29, 1.82) is 0 Å². The number of carbonyl (C=O) groups excluding carboxylic acids is 1. The van der Waals surface area contributed by atoms with E-state index >= 15 is 0 Å². The van der Waals surface area contributed by atoms with Crippen molar-refractivity contribution in [1.82, 2.24) is 0 Å². The van der Waals surface area contributed by atoms with Crippen LogP contribution in [-0.4, -0.2) is 17.5 Å². The minimum Gasteiger partial charge on any atom is -0.396 e. The molecule has 0 amide bonds. The second-order valence-corrected chi connectivity index (χ2v) is 5.76. The van der Waals surface area contributed by atoms with Gasteiger partial charge in [0.05, 0.1) is 0 Å². The lowest BCUT2D eigenvalue weighted by molar-refractivity contribution is 0.101. The summed E-state index contributed by atoms with van der Waals surface area (Å²) in [6.45, 7) is 8.22. The van der Waals surface area contributed by atoms with Gasteiger partial charge >= 0.3 is 0 Å². The monoisotopic (exact) mass is 234 g/mol. The van der Waals surface area contributed by atoms with Gasteiger partial charge in [-0.3, -0.25) is 4.79 Å². The van der Waals surface area contributed by atoms with Crippen LogP contribution in [0, 0.1) is 5.41 Å². The third kappa shape index (κ3) is 4.31. The van der Waals surface area contributed by atoms with Gasteiger partial charge in [-0.05, 0) is 42.4 Å². The number of hydrogen-bond acceptors (Lipinski definition) is 2. The van der Waals surface area contributed by atoms with Crippen molar-refractivity contribution in [2.45, 2.75) is 40.5 Å². The zero-order valence-electron chi connectivity index (χ0n) is 11.2. The minimum absolute atomic E-state index is 0.101. The number of ketones is 1. The number of rotatable bonds is 4. The molecule has 2 heteroatoms. The summed E-state index contributed by atoms with van der Waals surface area (Å²) in [7, 11) is 0. The van der Waals surface area contributed by atoms with Crippen LogP contribution in [0.5, 0.6) is 0 Å². The zero-order chi connectivity index (χ0) is 13.1. The molecule has 0 aliphatic carbocycles. The SMILES string of the molecule is CC(=O)c1cc(CCO)ccc1CC(C)(C)C. The predicted octanol–water partition coefficient (Wildman–Crippen LogP) is 3.01. The molecule has 0 unspecified atom stereocenters. The van der Waals surface area contributed by atoms with Crippen LogP contribution >= 0.6 is 0 Å². The second kappa shape index (κ2) is 5.46. The Morgan fingerprint density at radius 2 is 1.94 bits per heavy atom. The van der Waals surface area contributed by atoms with Gasteiger partial charge in [0.25, 0.3) is 0 Å². The highest BCUT2D eigenvalue weighted by molar-refractivity contribution is 5.95. The van der Waals surface area contributed by atoms with Crippen molar-refractivity contribution in [3.63, 3.8) is 0 Å². The molecule has 1 aromatic carbocycles. The minimum atomic E-state index is 0.101. The van der Waals surface area contributed by atoms with E-state index in [0.29, 0.717) is 6.42 Å². The standard InChI is InChI=1S/C15H22O2/c1-11(17)14-9-12(7-8-16)5-6-13(14)10-15(2,3)4/h5-6,9,16H,7-8,10H2,1-4H3. The first-order chi connectivity index (χ1) is 7.83. The van der Waals surface area contributed by atoms with E-state index in [2.05, 4.69) is 20.8 Å². The molecule has 94 valence electrons. The average molecular weight is 234 g/mol. The highest BCUT2D eigenvalue weighted by Crippen LogP contribution is 2.24.